The first-order valence-corrected chi connectivity index (χ1v) is 6.58. The number of rotatable bonds is 1. The highest BCUT2D eigenvalue weighted by Crippen LogP contribution is 2.37. The molecule has 0 bridgehead atoms. The molecule has 0 saturated heterocycles. The highest BCUT2D eigenvalue weighted by Gasteiger charge is 2.17. The molecule has 0 amide bonds. The monoisotopic (exact) mass is 246 g/mol. The van der Waals surface area contributed by atoms with E-state index in [0.29, 0.717) is 0 Å². The lowest BCUT2D eigenvalue weighted by Crippen LogP contribution is -1.86. The Hall–Kier alpha value is -2.28. The van der Waals surface area contributed by atoms with E-state index in [1.165, 1.54) is 27.6 Å². The molecule has 1 aliphatic rings. The Balaban J connectivity index is 2.02. The van der Waals surface area contributed by atoms with Gasteiger partial charge in [0.05, 0.1) is 6.26 Å². The van der Waals surface area contributed by atoms with Crippen molar-refractivity contribution in [1.29, 1.82) is 0 Å². The summed E-state index contributed by atoms with van der Waals surface area (Å²) in [5.41, 5.74) is 5.34. The summed E-state index contributed by atoms with van der Waals surface area (Å²) in [5.74, 6) is 0.985. The fourth-order valence-electron chi connectivity index (χ4n) is 2.93. The van der Waals surface area contributed by atoms with Gasteiger partial charge in [0.25, 0.3) is 0 Å². The van der Waals surface area contributed by atoms with Crippen molar-refractivity contribution >= 4 is 16.8 Å². The number of benzene rings is 2. The second kappa shape index (κ2) is 3.86. The fourth-order valence-corrected chi connectivity index (χ4v) is 2.93. The summed E-state index contributed by atoms with van der Waals surface area (Å²) in [7, 11) is 0. The topological polar surface area (TPSA) is 13.1 Å². The van der Waals surface area contributed by atoms with Crippen LogP contribution in [-0.4, -0.2) is 0 Å². The van der Waals surface area contributed by atoms with Gasteiger partial charge in [-0.2, -0.15) is 0 Å². The van der Waals surface area contributed by atoms with Crippen LogP contribution < -0.4 is 0 Å². The highest BCUT2D eigenvalue weighted by atomic mass is 16.3. The summed E-state index contributed by atoms with van der Waals surface area (Å²) in [6, 6.07) is 14.8. The molecular formula is C18H14O. The molecule has 0 N–H and O–H groups in total. The van der Waals surface area contributed by atoms with Gasteiger partial charge in [-0.15, -0.1) is 0 Å². The summed E-state index contributed by atoms with van der Waals surface area (Å²) in [6.07, 6.45) is 5.18. The van der Waals surface area contributed by atoms with Crippen LogP contribution in [0.4, 0.5) is 0 Å². The van der Waals surface area contributed by atoms with Crippen molar-refractivity contribution < 1.29 is 4.42 Å². The molecule has 0 radical (unpaired) electrons. The van der Waals surface area contributed by atoms with Crippen LogP contribution >= 0.6 is 0 Å². The Bertz CT molecular complexity index is 805. The Labute approximate surface area is 112 Å². The molecule has 1 heterocycles. The van der Waals surface area contributed by atoms with Gasteiger partial charge in [-0.05, 0) is 24.5 Å². The number of allylic oxidation sites excluding steroid dienone is 1. The standard InChI is InChI=1S/C18H14O/c1-12-9-13-6-4-8-16(17(13)10-12)18-15-7-3-2-5-14(15)11-19-18/h2-8,10-11H,9H2,1H3. The molecule has 2 aromatic carbocycles. The Morgan fingerprint density at radius 1 is 1.00 bits per heavy atom. The van der Waals surface area contributed by atoms with Crippen LogP contribution in [0.5, 0.6) is 0 Å². The molecule has 0 saturated carbocycles. The average Bonchev–Trinajstić information content (AvgIpc) is 3.00. The molecule has 1 nitrogen and oxygen atoms in total. The smallest absolute Gasteiger partial charge is 0.142 e. The van der Waals surface area contributed by atoms with E-state index in [2.05, 4.69) is 49.4 Å². The maximum atomic E-state index is 5.83. The summed E-state index contributed by atoms with van der Waals surface area (Å²) in [4.78, 5) is 0. The first-order valence-electron chi connectivity index (χ1n) is 6.58. The van der Waals surface area contributed by atoms with Crippen LogP contribution in [0.1, 0.15) is 18.1 Å². The Morgan fingerprint density at radius 3 is 2.84 bits per heavy atom. The highest BCUT2D eigenvalue weighted by molar-refractivity contribution is 5.96. The van der Waals surface area contributed by atoms with E-state index in [9.17, 15) is 0 Å². The predicted molar refractivity (Wildman–Crippen MR) is 79.0 cm³/mol. The third-order valence-corrected chi connectivity index (χ3v) is 3.81. The normalized spacial score (nSPS) is 13.6. The number of furan rings is 1. The summed E-state index contributed by atoms with van der Waals surface area (Å²) in [5, 5.41) is 2.35. The number of hydrogen-bond donors (Lipinski definition) is 0. The molecule has 92 valence electrons. The molecule has 1 heteroatoms. The second-order valence-corrected chi connectivity index (χ2v) is 5.20. The summed E-state index contributed by atoms with van der Waals surface area (Å²) < 4.78 is 5.83. The maximum absolute atomic E-state index is 5.83. The van der Waals surface area contributed by atoms with E-state index in [1.807, 2.05) is 12.3 Å². The Morgan fingerprint density at radius 2 is 1.89 bits per heavy atom. The van der Waals surface area contributed by atoms with E-state index in [-0.39, 0.29) is 0 Å². The quantitative estimate of drug-likeness (QED) is 0.585. The van der Waals surface area contributed by atoms with Gasteiger partial charge in [-0.1, -0.05) is 54.1 Å². The summed E-state index contributed by atoms with van der Waals surface area (Å²) >= 11 is 0. The van der Waals surface area contributed by atoms with E-state index in [4.69, 9.17) is 4.42 Å². The minimum atomic E-state index is 0.985. The minimum absolute atomic E-state index is 0.985. The predicted octanol–water partition coefficient (Wildman–Crippen LogP) is 5.06. The van der Waals surface area contributed by atoms with Crippen LogP contribution in [-0.2, 0) is 6.42 Å². The van der Waals surface area contributed by atoms with Crippen LogP contribution in [0.2, 0.25) is 0 Å². The molecule has 4 rings (SSSR count). The van der Waals surface area contributed by atoms with Crippen LogP contribution in [0.3, 0.4) is 0 Å². The maximum Gasteiger partial charge on any atom is 0.142 e. The summed E-state index contributed by atoms with van der Waals surface area (Å²) in [6.45, 7) is 2.18. The van der Waals surface area contributed by atoms with Gasteiger partial charge in [0.2, 0.25) is 0 Å². The molecule has 0 aliphatic heterocycles. The van der Waals surface area contributed by atoms with Crippen molar-refractivity contribution in [2.45, 2.75) is 13.3 Å². The molecule has 0 atom stereocenters. The third kappa shape index (κ3) is 1.55. The lowest BCUT2D eigenvalue weighted by Gasteiger charge is -2.05. The second-order valence-electron chi connectivity index (χ2n) is 5.20. The van der Waals surface area contributed by atoms with Gasteiger partial charge >= 0.3 is 0 Å². The van der Waals surface area contributed by atoms with Gasteiger partial charge in [-0.3, -0.25) is 0 Å². The number of fused-ring (bicyclic) bond motifs is 2. The third-order valence-electron chi connectivity index (χ3n) is 3.81. The zero-order valence-corrected chi connectivity index (χ0v) is 10.8. The SMILES string of the molecule is CC1=Cc2c(cccc2-c2occ3ccccc23)C1. The van der Waals surface area contributed by atoms with E-state index in [0.717, 1.165) is 17.6 Å². The number of hydrogen-bond acceptors (Lipinski definition) is 1. The van der Waals surface area contributed by atoms with Gasteiger partial charge < -0.3 is 4.42 Å². The van der Waals surface area contributed by atoms with Gasteiger partial charge in [0, 0.05) is 16.3 Å². The molecule has 19 heavy (non-hydrogen) atoms. The lowest BCUT2D eigenvalue weighted by molar-refractivity contribution is 0.587. The molecule has 3 aromatic rings. The van der Waals surface area contributed by atoms with E-state index in [1.54, 1.807) is 0 Å². The van der Waals surface area contributed by atoms with Gasteiger partial charge in [-0.25, -0.2) is 0 Å². The Kier molecular flexibility index (Phi) is 2.16. The van der Waals surface area contributed by atoms with Crippen molar-refractivity contribution in [3.05, 3.63) is 65.4 Å². The zero-order valence-electron chi connectivity index (χ0n) is 10.8. The molecule has 0 spiro atoms. The molecule has 0 unspecified atom stereocenters. The fraction of sp³-hybridized carbons (Fsp3) is 0.111. The molecule has 1 aromatic heterocycles. The molecule has 0 fully saturated rings. The zero-order chi connectivity index (χ0) is 12.8. The van der Waals surface area contributed by atoms with Gasteiger partial charge in [0.15, 0.2) is 0 Å². The lowest BCUT2D eigenvalue weighted by atomic mass is 9.99. The van der Waals surface area contributed by atoms with Crippen molar-refractivity contribution in [3.63, 3.8) is 0 Å². The van der Waals surface area contributed by atoms with Crippen molar-refractivity contribution in [1.82, 2.24) is 0 Å². The van der Waals surface area contributed by atoms with Crippen molar-refractivity contribution in [2.24, 2.45) is 0 Å². The average molecular weight is 246 g/mol. The first-order chi connectivity index (χ1) is 9.33. The van der Waals surface area contributed by atoms with Crippen LogP contribution in [0.15, 0.2) is 58.7 Å². The first kappa shape index (κ1) is 10.6. The molecule has 1 aliphatic carbocycles. The van der Waals surface area contributed by atoms with Crippen LogP contribution in [0, 0.1) is 0 Å². The van der Waals surface area contributed by atoms with Gasteiger partial charge in [0.1, 0.15) is 5.76 Å². The van der Waals surface area contributed by atoms with E-state index >= 15 is 0 Å². The van der Waals surface area contributed by atoms with E-state index < -0.39 is 0 Å². The van der Waals surface area contributed by atoms with Crippen molar-refractivity contribution in [2.75, 3.05) is 0 Å². The molecular weight excluding hydrogens is 232 g/mol. The van der Waals surface area contributed by atoms with Crippen molar-refractivity contribution in [3.8, 4) is 11.3 Å². The van der Waals surface area contributed by atoms with Crippen LogP contribution in [0.25, 0.3) is 28.2 Å². The minimum Gasteiger partial charge on any atom is -0.463 e. The largest absolute Gasteiger partial charge is 0.463 e.